The van der Waals surface area contributed by atoms with Crippen molar-refractivity contribution in [2.75, 3.05) is 18.8 Å². The monoisotopic (exact) mass is 424 g/mol. The molecular formula is C19H19F3N4O2S. The summed E-state index contributed by atoms with van der Waals surface area (Å²) in [4.78, 5) is 14.0. The zero-order valence-corrected chi connectivity index (χ0v) is 16.6. The first-order chi connectivity index (χ1) is 13.8. The van der Waals surface area contributed by atoms with Gasteiger partial charge in [0.15, 0.2) is 10.9 Å². The Morgan fingerprint density at radius 3 is 2.55 bits per heavy atom. The van der Waals surface area contributed by atoms with Crippen LogP contribution in [0, 0.1) is 0 Å². The van der Waals surface area contributed by atoms with Gasteiger partial charge in [-0.2, -0.15) is 13.2 Å². The highest BCUT2D eigenvalue weighted by Gasteiger charge is 2.31. The summed E-state index contributed by atoms with van der Waals surface area (Å²) < 4.78 is 46.4. The fourth-order valence-electron chi connectivity index (χ4n) is 2.78. The molecule has 2 aromatic heterocycles. The van der Waals surface area contributed by atoms with Gasteiger partial charge in [0.1, 0.15) is 0 Å². The second-order valence-electron chi connectivity index (χ2n) is 6.02. The summed E-state index contributed by atoms with van der Waals surface area (Å²) in [5, 5.41) is 8.47. The van der Waals surface area contributed by atoms with Crippen molar-refractivity contribution in [3.63, 3.8) is 0 Å². The van der Waals surface area contributed by atoms with Crippen LogP contribution in [0.2, 0.25) is 0 Å². The molecule has 0 unspecified atom stereocenters. The molecular weight excluding hydrogens is 405 g/mol. The van der Waals surface area contributed by atoms with Crippen molar-refractivity contribution in [1.82, 2.24) is 19.7 Å². The van der Waals surface area contributed by atoms with Gasteiger partial charge in [0.05, 0.1) is 23.3 Å². The molecule has 10 heteroatoms. The first kappa shape index (κ1) is 21.0. The number of carbonyl (C=O) groups is 1. The van der Waals surface area contributed by atoms with Gasteiger partial charge in [-0.1, -0.05) is 17.8 Å². The number of benzene rings is 1. The highest BCUT2D eigenvalue weighted by Crippen LogP contribution is 2.33. The number of furan rings is 1. The van der Waals surface area contributed by atoms with E-state index in [0.29, 0.717) is 24.0 Å². The third kappa shape index (κ3) is 4.64. The van der Waals surface area contributed by atoms with Gasteiger partial charge in [-0.05, 0) is 44.2 Å². The highest BCUT2D eigenvalue weighted by molar-refractivity contribution is 7.99. The van der Waals surface area contributed by atoms with Crippen molar-refractivity contribution in [2.45, 2.75) is 25.2 Å². The second-order valence-corrected chi connectivity index (χ2v) is 6.96. The van der Waals surface area contributed by atoms with Gasteiger partial charge in [-0.15, -0.1) is 10.2 Å². The summed E-state index contributed by atoms with van der Waals surface area (Å²) in [6.07, 6.45) is -3.04. The number of carbonyl (C=O) groups excluding carboxylic acids is 1. The molecule has 0 atom stereocenters. The van der Waals surface area contributed by atoms with E-state index in [4.69, 9.17) is 4.42 Å². The SMILES string of the molecule is CCN(CC)C(=O)CSc1nnc(-c2ccco2)n1-c1cccc(C(F)(F)F)c1. The minimum Gasteiger partial charge on any atom is -0.461 e. The lowest BCUT2D eigenvalue weighted by Crippen LogP contribution is -2.31. The van der Waals surface area contributed by atoms with Crippen LogP contribution in [0.25, 0.3) is 17.3 Å². The molecule has 1 aromatic carbocycles. The Labute approximate surface area is 169 Å². The number of alkyl halides is 3. The van der Waals surface area contributed by atoms with E-state index >= 15 is 0 Å². The number of rotatable bonds is 7. The molecule has 3 rings (SSSR count). The van der Waals surface area contributed by atoms with Crippen LogP contribution in [0.1, 0.15) is 19.4 Å². The van der Waals surface area contributed by atoms with E-state index in [1.807, 2.05) is 13.8 Å². The molecule has 0 N–H and O–H groups in total. The number of thioether (sulfide) groups is 1. The summed E-state index contributed by atoms with van der Waals surface area (Å²) in [5.41, 5.74) is -0.557. The summed E-state index contributed by atoms with van der Waals surface area (Å²) >= 11 is 1.12. The molecule has 0 aliphatic heterocycles. The van der Waals surface area contributed by atoms with E-state index in [1.165, 1.54) is 23.0 Å². The first-order valence-corrected chi connectivity index (χ1v) is 9.91. The van der Waals surface area contributed by atoms with E-state index in [9.17, 15) is 18.0 Å². The quantitative estimate of drug-likeness (QED) is 0.523. The number of hydrogen-bond acceptors (Lipinski definition) is 5. The second kappa shape index (κ2) is 8.73. The van der Waals surface area contributed by atoms with Crippen LogP contribution in [0.15, 0.2) is 52.2 Å². The molecule has 1 amide bonds. The van der Waals surface area contributed by atoms with Crippen LogP contribution >= 0.6 is 11.8 Å². The number of hydrogen-bond donors (Lipinski definition) is 0. The van der Waals surface area contributed by atoms with Crippen molar-refractivity contribution >= 4 is 17.7 Å². The molecule has 0 fully saturated rings. The van der Waals surface area contributed by atoms with E-state index in [1.54, 1.807) is 17.0 Å². The number of halogens is 3. The minimum atomic E-state index is -4.49. The molecule has 0 bridgehead atoms. The van der Waals surface area contributed by atoms with E-state index in [0.717, 1.165) is 23.9 Å². The average Bonchev–Trinajstić information content (AvgIpc) is 3.36. The zero-order valence-electron chi connectivity index (χ0n) is 15.8. The summed E-state index contributed by atoms with van der Waals surface area (Å²) in [6.45, 7) is 4.92. The average molecular weight is 424 g/mol. The molecule has 29 heavy (non-hydrogen) atoms. The zero-order chi connectivity index (χ0) is 21.0. The smallest absolute Gasteiger partial charge is 0.416 e. The third-order valence-corrected chi connectivity index (χ3v) is 5.16. The van der Waals surface area contributed by atoms with Gasteiger partial charge in [0.25, 0.3) is 0 Å². The Hall–Kier alpha value is -2.75. The fourth-order valence-corrected chi connectivity index (χ4v) is 3.63. The fraction of sp³-hybridized carbons (Fsp3) is 0.316. The maximum atomic E-state index is 13.2. The summed E-state index contributed by atoms with van der Waals surface area (Å²) in [7, 11) is 0. The van der Waals surface area contributed by atoms with Crippen LogP contribution in [0.5, 0.6) is 0 Å². The van der Waals surface area contributed by atoms with Crippen LogP contribution in [-0.2, 0) is 11.0 Å². The molecule has 6 nitrogen and oxygen atoms in total. The number of nitrogens with zero attached hydrogens (tertiary/aromatic N) is 4. The lowest BCUT2D eigenvalue weighted by atomic mass is 10.2. The Bertz CT molecular complexity index is 966. The number of amides is 1. The minimum absolute atomic E-state index is 0.0851. The Kier molecular flexibility index (Phi) is 6.31. The predicted octanol–water partition coefficient (Wildman–Crippen LogP) is 4.51. The van der Waals surface area contributed by atoms with Gasteiger partial charge in [-0.3, -0.25) is 9.36 Å². The molecule has 2 heterocycles. The molecule has 3 aromatic rings. The van der Waals surface area contributed by atoms with Crippen molar-refractivity contribution in [1.29, 1.82) is 0 Å². The third-order valence-electron chi connectivity index (χ3n) is 4.25. The molecule has 154 valence electrons. The standard InChI is InChI=1S/C19H19F3N4O2S/c1-3-25(4-2)16(27)12-29-18-24-23-17(15-9-6-10-28-15)26(18)14-8-5-7-13(11-14)19(20,21)22/h5-11H,3-4,12H2,1-2H3. The maximum Gasteiger partial charge on any atom is 0.416 e. The largest absolute Gasteiger partial charge is 0.461 e. The summed E-state index contributed by atoms with van der Waals surface area (Å²) in [5.74, 6) is 0.624. The molecule has 0 aliphatic carbocycles. The normalized spacial score (nSPS) is 11.6. The van der Waals surface area contributed by atoms with Crippen molar-refractivity contribution in [3.8, 4) is 17.3 Å². The van der Waals surface area contributed by atoms with Crippen molar-refractivity contribution < 1.29 is 22.4 Å². The van der Waals surface area contributed by atoms with Gasteiger partial charge < -0.3 is 9.32 Å². The lowest BCUT2D eigenvalue weighted by Gasteiger charge is -2.18. The Morgan fingerprint density at radius 2 is 1.93 bits per heavy atom. The molecule has 0 radical (unpaired) electrons. The van der Waals surface area contributed by atoms with Gasteiger partial charge in [-0.25, -0.2) is 0 Å². The molecule has 0 saturated heterocycles. The van der Waals surface area contributed by atoms with E-state index in [2.05, 4.69) is 10.2 Å². The topological polar surface area (TPSA) is 64.2 Å². The molecule has 0 aliphatic rings. The molecule has 0 spiro atoms. The maximum absolute atomic E-state index is 13.2. The first-order valence-electron chi connectivity index (χ1n) is 8.92. The van der Waals surface area contributed by atoms with Crippen molar-refractivity contribution in [3.05, 3.63) is 48.2 Å². The van der Waals surface area contributed by atoms with Gasteiger partial charge >= 0.3 is 6.18 Å². The Morgan fingerprint density at radius 1 is 1.17 bits per heavy atom. The van der Waals surface area contributed by atoms with Crippen LogP contribution in [0.4, 0.5) is 13.2 Å². The van der Waals surface area contributed by atoms with E-state index in [-0.39, 0.29) is 23.2 Å². The van der Waals surface area contributed by atoms with E-state index < -0.39 is 11.7 Å². The van der Waals surface area contributed by atoms with Gasteiger partial charge in [0.2, 0.25) is 11.7 Å². The predicted molar refractivity (Wildman–Crippen MR) is 103 cm³/mol. The van der Waals surface area contributed by atoms with Crippen LogP contribution in [0.3, 0.4) is 0 Å². The highest BCUT2D eigenvalue weighted by atomic mass is 32.2. The molecule has 0 saturated carbocycles. The lowest BCUT2D eigenvalue weighted by molar-refractivity contribution is -0.137. The van der Waals surface area contributed by atoms with Crippen LogP contribution in [-0.4, -0.2) is 44.4 Å². The van der Waals surface area contributed by atoms with Crippen molar-refractivity contribution in [2.24, 2.45) is 0 Å². The summed E-state index contributed by atoms with van der Waals surface area (Å²) in [6, 6.07) is 8.16. The Balaban J connectivity index is 2.00. The number of aromatic nitrogens is 3. The van der Waals surface area contributed by atoms with Crippen LogP contribution < -0.4 is 0 Å². The van der Waals surface area contributed by atoms with Gasteiger partial charge in [0, 0.05) is 13.1 Å².